The molecule has 0 aliphatic heterocycles. The fraction of sp³-hybridized carbons (Fsp3) is 0.429. The van der Waals surface area contributed by atoms with Crippen molar-refractivity contribution in [1.29, 1.82) is 0 Å². The first-order valence-corrected chi connectivity index (χ1v) is 6.82. The first kappa shape index (κ1) is 13.1. The molecule has 4 heteroatoms. The van der Waals surface area contributed by atoms with Gasteiger partial charge in [0.1, 0.15) is 6.54 Å². The van der Waals surface area contributed by atoms with Crippen LogP contribution in [0.15, 0.2) is 36.9 Å². The first-order valence-electron chi connectivity index (χ1n) is 6.44. The van der Waals surface area contributed by atoms with Crippen molar-refractivity contribution in [3.8, 4) is 0 Å². The van der Waals surface area contributed by atoms with Crippen LogP contribution in [0.1, 0.15) is 31.7 Å². The second-order valence-corrected chi connectivity index (χ2v) is 4.89. The molecule has 0 amide bonds. The fourth-order valence-corrected chi connectivity index (χ4v) is 2.10. The van der Waals surface area contributed by atoms with Gasteiger partial charge < -0.3 is 0 Å². The van der Waals surface area contributed by atoms with Gasteiger partial charge in [-0.25, -0.2) is 4.57 Å². The summed E-state index contributed by atoms with van der Waals surface area (Å²) in [6, 6.07) is 7.92. The van der Waals surface area contributed by atoms with Crippen LogP contribution < -0.4 is 4.57 Å². The molecule has 0 fully saturated rings. The lowest BCUT2D eigenvalue weighted by atomic mass is 10.2. The van der Waals surface area contributed by atoms with Gasteiger partial charge in [-0.05, 0) is 12.5 Å². The van der Waals surface area contributed by atoms with E-state index in [0.29, 0.717) is 0 Å². The average Bonchev–Trinajstić information content (AvgIpc) is 2.80. The number of unbranched alkanes of at least 4 members (excludes halogenated alkanes) is 2. The van der Waals surface area contributed by atoms with Crippen molar-refractivity contribution in [1.82, 2.24) is 9.78 Å². The lowest BCUT2D eigenvalue weighted by molar-refractivity contribution is -0.689. The highest BCUT2D eigenvalue weighted by molar-refractivity contribution is 6.31. The van der Waals surface area contributed by atoms with Crippen LogP contribution in [-0.4, -0.2) is 9.78 Å². The molecule has 96 valence electrons. The Morgan fingerprint density at radius 1 is 1.28 bits per heavy atom. The molecule has 1 aromatic carbocycles. The molecule has 1 aromatic heterocycles. The highest BCUT2D eigenvalue weighted by atomic mass is 35.5. The van der Waals surface area contributed by atoms with E-state index in [9.17, 15) is 0 Å². The van der Waals surface area contributed by atoms with E-state index in [1.807, 2.05) is 41.6 Å². The second kappa shape index (κ2) is 6.55. The number of halogens is 1. The molecule has 2 aromatic rings. The van der Waals surface area contributed by atoms with Gasteiger partial charge in [0, 0.05) is 15.7 Å². The predicted octanol–water partition coefficient (Wildman–Crippen LogP) is 3.06. The molecular formula is C14H19ClN3+. The Balaban J connectivity index is 1.96. The monoisotopic (exact) mass is 264 g/mol. The van der Waals surface area contributed by atoms with Crippen molar-refractivity contribution in [2.75, 3.05) is 0 Å². The molecule has 0 aliphatic carbocycles. The Labute approximate surface area is 113 Å². The number of aromatic nitrogens is 3. The average molecular weight is 265 g/mol. The third kappa shape index (κ3) is 3.57. The Morgan fingerprint density at radius 2 is 2.11 bits per heavy atom. The zero-order chi connectivity index (χ0) is 12.8. The van der Waals surface area contributed by atoms with E-state index in [1.54, 1.807) is 0 Å². The van der Waals surface area contributed by atoms with Crippen molar-refractivity contribution in [2.24, 2.45) is 0 Å². The summed E-state index contributed by atoms with van der Waals surface area (Å²) in [5, 5.41) is 5.16. The van der Waals surface area contributed by atoms with E-state index < -0.39 is 0 Å². The van der Waals surface area contributed by atoms with Gasteiger partial charge in [-0.1, -0.05) is 49.6 Å². The van der Waals surface area contributed by atoms with Gasteiger partial charge in [0.15, 0.2) is 0 Å². The summed E-state index contributed by atoms with van der Waals surface area (Å²) in [6.45, 7) is 3.97. The van der Waals surface area contributed by atoms with Gasteiger partial charge in [0.05, 0.1) is 6.54 Å². The van der Waals surface area contributed by atoms with Crippen molar-refractivity contribution in [3.63, 3.8) is 0 Å². The minimum Gasteiger partial charge on any atom is -0.233 e. The minimum atomic E-state index is 0.771. The van der Waals surface area contributed by atoms with E-state index in [1.165, 1.54) is 19.3 Å². The van der Waals surface area contributed by atoms with Crippen LogP contribution in [0.3, 0.4) is 0 Å². The zero-order valence-electron chi connectivity index (χ0n) is 10.7. The number of benzene rings is 1. The van der Waals surface area contributed by atoms with Crippen LogP contribution in [0.2, 0.25) is 5.02 Å². The second-order valence-electron chi connectivity index (χ2n) is 4.48. The van der Waals surface area contributed by atoms with E-state index in [0.717, 1.165) is 23.7 Å². The molecule has 2 rings (SSSR count). The number of hydrogen-bond acceptors (Lipinski definition) is 1. The van der Waals surface area contributed by atoms with Gasteiger partial charge in [-0.15, -0.1) is 4.68 Å². The maximum atomic E-state index is 6.14. The summed E-state index contributed by atoms with van der Waals surface area (Å²) in [6.07, 6.45) is 7.57. The normalized spacial score (nSPS) is 10.8. The lowest BCUT2D eigenvalue weighted by Crippen LogP contribution is -2.31. The Hall–Kier alpha value is -1.35. The molecule has 0 radical (unpaired) electrons. The Bertz CT molecular complexity index is 493. The third-order valence-corrected chi connectivity index (χ3v) is 3.30. The predicted molar refractivity (Wildman–Crippen MR) is 72.5 cm³/mol. The summed E-state index contributed by atoms with van der Waals surface area (Å²) in [5.41, 5.74) is 1.12. The maximum Gasteiger partial charge on any atom is 0.265 e. The molecule has 0 aliphatic rings. The van der Waals surface area contributed by atoms with E-state index in [2.05, 4.69) is 16.6 Å². The van der Waals surface area contributed by atoms with Gasteiger partial charge >= 0.3 is 0 Å². The third-order valence-electron chi connectivity index (χ3n) is 2.93. The summed E-state index contributed by atoms with van der Waals surface area (Å²) in [7, 11) is 0. The summed E-state index contributed by atoms with van der Waals surface area (Å²) in [5.74, 6) is 0. The maximum absolute atomic E-state index is 6.14. The van der Waals surface area contributed by atoms with Crippen molar-refractivity contribution >= 4 is 11.6 Å². The zero-order valence-corrected chi connectivity index (χ0v) is 11.5. The van der Waals surface area contributed by atoms with E-state index in [4.69, 9.17) is 11.6 Å². The van der Waals surface area contributed by atoms with Crippen LogP contribution in [0, 0.1) is 0 Å². The highest BCUT2D eigenvalue weighted by Crippen LogP contribution is 2.13. The van der Waals surface area contributed by atoms with Crippen LogP contribution in [0.5, 0.6) is 0 Å². The van der Waals surface area contributed by atoms with Crippen LogP contribution >= 0.6 is 11.6 Å². The van der Waals surface area contributed by atoms with E-state index in [-0.39, 0.29) is 0 Å². The number of aryl methyl sites for hydroxylation is 1. The standard InChI is InChI=1S/C14H19ClN3/c1-2-3-6-9-18-12-17(11-16-18)10-13-7-4-5-8-14(13)15/h4-5,7-8,11-12H,2-3,6,9-10H2,1H3/q+1. The van der Waals surface area contributed by atoms with Crippen molar-refractivity contribution < 1.29 is 4.57 Å². The van der Waals surface area contributed by atoms with Crippen molar-refractivity contribution in [3.05, 3.63) is 47.5 Å². The minimum absolute atomic E-state index is 0.771. The smallest absolute Gasteiger partial charge is 0.233 e. The van der Waals surface area contributed by atoms with Crippen LogP contribution in [-0.2, 0) is 13.1 Å². The van der Waals surface area contributed by atoms with Crippen LogP contribution in [0.25, 0.3) is 0 Å². The van der Waals surface area contributed by atoms with Crippen molar-refractivity contribution in [2.45, 2.75) is 39.3 Å². The SMILES string of the molecule is CCCCCn1c[n+](Cc2ccccc2Cl)cn1. The molecular weight excluding hydrogens is 246 g/mol. The number of hydrogen-bond donors (Lipinski definition) is 0. The first-order chi connectivity index (χ1) is 8.79. The summed E-state index contributed by atoms with van der Waals surface area (Å²) >= 11 is 6.14. The Morgan fingerprint density at radius 3 is 2.89 bits per heavy atom. The molecule has 0 atom stereocenters. The molecule has 1 heterocycles. The van der Waals surface area contributed by atoms with E-state index >= 15 is 0 Å². The molecule has 0 saturated carbocycles. The molecule has 0 spiro atoms. The number of nitrogens with zero attached hydrogens (tertiary/aromatic N) is 3. The molecule has 0 unspecified atom stereocenters. The molecule has 0 N–H and O–H groups in total. The molecule has 3 nitrogen and oxygen atoms in total. The largest absolute Gasteiger partial charge is 0.265 e. The molecule has 0 bridgehead atoms. The Kier molecular flexibility index (Phi) is 4.76. The van der Waals surface area contributed by atoms with Gasteiger partial charge in [0.25, 0.3) is 6.33 Å². The molecule has 0 saturated heterocycles. The van der Waals surface area contributed by atoms with Gasteiger partial charge in [-0.2, -0.15) is 0 Å². The summed E-state index contributed by atoms with van der Waals surface area (Å²) < 4.78 is 4.06. The number of rotatable bonds is 6. The van der Waals surface area contributed by atoms with Crippen LogP contribution in [0.4, 0.5) is 0 Å². The topological polar surface area (TPSA) is 21.7 Å². The highest BCUT2D eigenvalue weighted by Gasteiger charge is 2.07. The van der Waals surface area contributed by atoms with Gasteiger partial charge in [0.2, 0.25) is 6.33 Å². The quantitative estimate of drug-likeness (QED) is 0.581. The summed E-state index contributed by atoms with van der Waals surface area (Å²) in [4.78, 5) is 0. The van der Waals surface area contributed by atoms with Gasteiger partial charge in [-0.3, -0.25) is 0 Å². The fourth-order valence-electron chi connectivity index (χ4n) is 1.91. The molecule has 18 heavy (non-hydrogen) atoms. The lowest BCUT2D eigenvalue weighted by Gasteiger charge is -2.00.